The largest absolute Gasteiger partial charge is 0.464 e. The van der Waals surface area contributed by atoms with E-state index in [1.165, 1.54) is 6.26 Å². The maximum atomic E-state index is 11.6. The first-order valence-electron chi connectivity index (χ1n) is 6.51. The molecule has 1 N–H and O–H groups in total. The van der Waals surface area contributed by atoms with E-state index in [0.717, 1.165) is 23.5 Å². The molecule has 0 amide bonds. The van der Waals surface area contributed by atoms with E-state index in [1.54, 1.807) is 18.2 Å². The highest BCUT2D eigenvalue weighted by atomic mass is 32.2. The summed E-state index contributed by atoms with van der Waals surface area (Å²) in [5.74, 6) is 1.70. The summed E-state index contributed by atoms with van der Waals surface area (Å²) < 4.78 is 29.0. The van der Waals surface area contributed by atoms with Crippen LogP contribution in [0.1, 0.15) is 30.0 Å². The van der Waals surface area contributed by atoms with Crippen molar-refractivity contribution in [2.75, 3.05) is 13.3 Å². The average molecular weight is 293 g/mol. The fraction of sp³-hybridized carbons (Fsp3) is 0.333. The second-order valence-corrected chi connectivity index (χ2v) is 6.74. The van der Waals surface area contributed by atoms with Gasteiger partial charge in [-0.15, -0.1) is 0 Å². The number of rotatable bonds is 5. The lowest BCUT2D eigenvalue weighted by Crippen LogP contribution is -2.17. The average Bonchev–Trinajstić information content (AvgIpc) is 2.88. The van der Waals surface area contributed by atoms with Gasteiger partial charge in [-0.3, -0.25) is 0 Å². The summed E-state index contributed by atoms with van der Waals surface area (Å²) in [6.45, 7) is 2.03. The molecule has 2 rings (SSSR count). The van der Waals surface area contributed by atoms with Gasteiger partial charge in [0.15, 0.2) is 9.84 Å². The van der Waals surface area contributed by atoms with Crippen LogP contribution in [0.5, 0.6) is 0 Å². The summed E-state index contributed by atoms with van der Waals surface area (Å²) in [6.07, 6.45) is 2.04. The van der Waals surface area contributed by atoms with Gasteiger partial charge in [-0.25, -0.2) is 8.42 Å². The molecule has 0 spiro atoms. The molecule has 0 aliphatic rings. The van der Waals surface area contributed by atoms with Gasteiger partial charge in [0.1, 0.15) is 11.5 Å². The van der Waals surface area contributed by atoms with Crippen molar-refractivity contribution in [3.05, 3.63) is 53.5 Å². The number of nitrogens with one attached hydrogen (secondary N) is 1. The van der Waals surface area contributed by atoms with E-state index >= 15 is 0 Å². The highest BCUT2D eigenvalue weighted by molar-refractivity contribution is 7.90. The Kier molecular flexibility index (Phi) is 4.30. The van der Waals surface area contributed by atoms with Crippen LogP contribution < -0.4 is 5.32 Å². The van der Waals surface area contributed by atoms with Gasteiger partial charge in [0.25, 0.3) is 0 Å². The molecule has 1 aromatic carbocycles. The first-order chi connectivity index (χ1) is 9.45. The molecule has 0 bridgehead atoms. The number of benzene rings is 1. The minimum atomic E-state index is -3.21. The SMILES string of the molecule is CCc1ccc(C(NC)c2cccc(S(C)(=O)=O)c2)o1. The second-order valence-electron chi connectivity index (χ2n) is 4.72. The van der Waals surface area contributed by atoms with E-state index in [1.807, 2.05) is 32.2 Å². The van der Waals surface area contributed by atoms with Gasteiger partial charge in [0.2, 0.25) is 0 Å². The van der Waals surface area contributed by atoms with Gasteiger partial charge < -0.3 is 9.73 Å². The maximum Gasteiger partial charge on any atom is 0.175 e. The molecule has 5 heteroatoms. The van der Waals surface area contributed by atoms with Crippen LogP contribution >= 0.6 is 0 Å². The predicted molar refractivity (Wildman–Crippen MR) is 78.5 cm³/mol. The Hall–Kier alpha value is -1.59. The summed E-state index contributed by atoms with van der Waals surface area (Å²) in [5.41, 5.74) is 0.868. The molecule has 1 heterocycles. The van der Waals surface area contributed by atoms with Crippen molar-refractivity contribution in [2.24, 2.45) is 0 Å². The molecule has 0 fully saturated rings. The Bertz CT molecular complexity index is 689. The summed E-state index contributed by atoms with van der Waals surface area (Å²) in [4.78, 5) is 0.317. The molecule has 4 nitrogen and oxygen atoms in total. The van der Waals surface area contributed by atoms with Gasteiger partial charge in [-0.1, -0.05) is 19.1 Å². The number of aryl methyl sites for hydroxylation is 1. The van der Waals surface area contributed by atoms with E-state index in [2.05, 4.69) is 5.32 Å². The highest BCUT2D eigenvalue weighted by Crippen LogP contribution is 2.25. The van der Waals surface area contributed by atoms with Gasteiger partial charge >= 0.3 is 0 Å². The smallest absolute Gasteiger partial charge is 0.175 e. The minimum Gasteiger partial charge on any atom is -0.464 e. The number of sulfone groups is 1. The quantitative estimate of drug-likeness (QED) is 0.920. The van der Waals surface area contributed by atoms with Crippen LogP contribution in [0.4, 0.5) is 0 Å². The molecular weight excluding hydrogens is 274 g/mol. The molecule has 0 saturated heterocycles. The summed E-state index contributed by atoms with van der Waals surface area (Å²) >= 11 is 0. The first-order valence-corrected chi connectivity index (χ1v) is 8.40. The lowest BCUT2D eigenvalue weighted by Gasteiger charge is -2.15. The van der Waals surface area contributed by atoms with Crippen molar-refractivity contribution in [2.45, 2.75) is 24.3 Å². The first kappa shape index (κ1) is 14.8. The number of hydrogen-bond acceptors (Lipinski definition) is 4. The molecule has 0 aliphatic carbocycles. The third kappa shape index (κ3) is 3.11. The van der Waals surface area contributed by atoms with Crippen LogP contribution in [0.15, 0.2) is 45.7 Å². The van der Waals surface area contributed by atoms with Crippen LogP contribution in [-0.2, 0) is 16.3 Å². The summed E-state index contributed by atoms with van der Waals surface area (Å²) in [5, 5.41) is 3.16. The highest BCUT2D eigenvalue weighted by Gasteiger charge is 2.18. The summed E-state index contributed by atoms with van der Waals surface area (Å²) in [7, 11) is -1.38. The fourth-order valence-electron chi connectivity index (χ4n) is 2.14. The maximum absolute atomic E-state index is 11.6. The van der Waals surface area contributed by atoms with Gasteiger partial charge in [0, 0.05) is 12.7 Å². The molecule has 20 heavy (non-hydrogen) atoms. The van der Waals surface area contributed by atoms with Crippen molar-refractivity contribution in [1.82, 2.24) is 5.32 Å². The predicted octanol–water partition coefficient (Wildman–Crippen LogP) is 2.55. The molecular formula is C15H19NO3S. The third-order valence-electron chi connectivity index (χ3n) is 3.22. The zero-order valence-corrected chi connectivity index (χ0v) is 12.7. The lowest BCUT2D eigenvalue weighted by molar-refractivity contribution is 0.433. The molecule has 2 aromatic rings. The molecule has 108 valence electrons. The zero-order chi connectivity index (χ0) is 14.8. The fourth-order valence-corrected chi connectivity index (χ4v) is 2.81. The van der Waals surface area contributed by atoms with E-state index in [0.29, 0.717) is 4.90 Å². The van der Waals surface area contributed by atoms with E-state index in [4.69, 9.17) is 4.42 Å². The van der Waals surface area contributed by atoms with Crippen LogP contribution in [0, 0.1) is 0 Å². The van der Waals surface area contributed by atoms with Crippen LogP contribution in [0.2, 0.25) is 0 Å². The molecule has 1 aromatic heterocycles. The van der Waals surface area contributed by atoms with Crippen LogP contribution in [0.25, 0.3) is 0 Å². The van der Waals surface area contributed by atoms with E-state index in [-0.39, 0.29) is 6.04 Å². The Morgan fingerprint density at radius 1 is 1.25 bits per heavy atom. The van der Waals surface area contributed by atoms with Crippen molar-refractivity contribution in [3.63, 3.8) is 0 Å². The molecule has 1 atom stereocenters. The Morgan fingerprint density at radius 3 is 2.55 bits per heavy atom. The number of hydrogen-bond donors (Lipinski definition) is 1. The van der Waals surface area contributed by atoms with Gasteiger partial charge in [-0.2, -0.15) is 0 Å². The molecule has 1 unspecified atom stereocenters. The monoisotopic (exact) mass is 293 g/mol. The zero-order valence-electron chi connectivity index (χ0n) is 11.9. The van der Waals surface area contributed by atoms with E-state index in [9.17, 15) is 8.42 Å². The van der Waals surface area contributed by atoms with Crippen LogP contribution in [-0.4, -0.2) is 21.7 Å². The van der Waals surface area contributed by atoms with Crippen molar-refractivity contribution in [3.8, 4) is 0 Å². The van der Waals surface area contributed by atoms with Gasteiger partial charge in [0.05, 0.1) is 10.9 Å². The third-order valence-corrected chi connectivity index (χ3v) is 4.33. The van der Waals surface area contributed by atoms with E-state index < -0.39 is 9.84 Å². The second kappa shape index (κ2) is 5.81. The van der Waals surface area contributed by atoms with Gasteiger partial charge in [-0.05, 0) is 36.9 Å². The van der Waals surface area contributed by atoms with Crippen molar-refractivity contribution in [1.29, 1.82) is 0 Å². The molecule has 0 aliphatic heterocycles. The normalized spacial score (nSPS) is 13.3. The lowest BCUT2D eigenvalue weighted by atomic mass is 10.1. The standard InChI is InChI=1S/C15H19NO3S/c1-4-12-8-9-14(19-12)15(16-2)11-6-5-7-13(10-11)20(3,17)18/h5-10,15-16H,4H2,1-3H3. The topological polar surface area (TPSA) is 59.3 Å². The Morgan fingerprint density at radius 2 is 2.00 bits per heavy atom. The number of furan rings is 1. The van der Waals surface area contributed by atoms with Crippen molar-refractivity contribution >= 4 is 9.84 Å². The minimum absolute atomic E-state index is 0.156. The molecule has 0 saturated carbocycles. The van der Waals surface area contributed by atoms with Crippen LogP contribution in [0.3, 0.4) is 0 Å². The van der Waals surface area contributed by atoms with Crippen molar-refractivity contribution < 1.29 is 12.8 Å². The molecule has 0 radical (unpaired) electrons. The Balaban J connectivity index is 2.42. The summed E-state index contributed by atoms with van der Waals surface area (Å²) in [6, 6.07) is 10.6. The Labute approximate surface area is 119 Å².